The topological polar surface area (TPSA) is 21.3 Å². The maximum atomic E-state index is 5.93. The van der Waals surface area contributed by atoms with Crippen molar-refractivity contribution in [2.24, 2.45) is 5.92 Å². The summed E-state index contributed by atoms with van der Waals surface area (Å²) >= 11 is 7.03. The van der Waals surface area contributed by atoms with Crippen LogP contribution in [0.5, 0.6) is 5.75 Å². The standard InChI is InChI=1S/C17H17Br2NO/c18-15-5-2-6-16(19)17(15)21-11-13-3-1-4-14(9-13)20-10-12-7-8-12/h1-6,9,12,20H,7-8,10-11H2. The second-order valence-corrected chi connectivity index (χ2v) is 7.07. The summed E-state index contributed by atoms with van der Waals surface area (Å²) in [6.45, 7) is 1.64. The molecule has 0 heterocycles. The number of benzene rings is 2. The fraction of sp³-hybridized carbons (Fsp3) is 0.294. The third-order valence-corrected chi connectivity index (χ3v) is 4.77. The third kappa shape index (κ3) is 4.24. The lowest BCUT2D eigenvalue weighted by atomic mass is 10.2. The van der Waals surface area contributed by atoms with Crippen LogP contribution < -0.4 is 10.1 Å². The molecule has 2 aromatic carbocycles. The lowest BCUT2D eigenvalue weighted by molar-refractivity contribution is 0.302. The van der Waals surface area contributed by atoms with Crippen LogP contribution in [0, 0.1) is 5.92 Å². The molecular weight excluding hydrogens is 394 g/mol. The predicted octanol–water partition coefficient (Wildman–Crippen LogP) is 5.61. The third-order valence-electron chi connectivity index (χ3n) is 3.52. The Balaban J connectivity index is 1.63. The van der Waals surface area contributed by atoms with Crippen LogP contribution in [0.15, 0.2) is 51.4 Å². The van der Waals surface area contributed by atoms with E-state index in [4.69, 9.17) is 4.74 Å². The van der Waals surface area contributed by atoms with E-state index in [1.54, 1.807) is 0 Å². The molecule has 3 rings (SSSR count). The average molecular weight is 411 g/mol. The maximum Gasteiger partial charge on any atom is 0.148 e. The highest BCUT2D eigenvalue weighted by Crippen LogP contribution is 2.33. The van der Waals surface area contributed by atoms with Crippen molar-refractivity contribution in [3.05, 3.63) is 57.0 Å². The molecule has 0 aromatic heterocycles. The van der Waals surface area contributed by atoms with Crippen LogP contribution in [0.4, 0.5) is 5.69 Å². The van der Waals surface area contributed by atoms with Crippen molar-refractivity contribution >= 4 is 37.5 Å². The summed E-state index contributed by atoms with van der Waals surface area (Å²) in [5.41, 5.74) is 2.34. The normalized spacial score (nSPS) is 14.0. The SMILES string of the molecule is Brc1cccc(Br)c1OCc1cccc(NCC2CC2)c1. The van der Waals surface area contributed by atoms with E-state index in [9.17, 15) is 0 Å². The first-order valence-electron chi connectivity index (χ1n) is 7.12. The molecule has 1 saturated carbocycles. The number of halogens is 2. The first kappa shape index (κ1) is 14.9. The van der Waals surface area contributed by atoms with E-state index in [0.29, 0.717) is 6.61 Å². The zero-order chi connectivity index (χ0) is 14.7. The minimum atomic E-state index is 0.556. The summed E-state index contributed by atoms with van der Waals surface area (Å²) in [6.07, 6.45) is 2.73. The molecule has 0 amide bonds. The predicted molar refractivity (Wildman–Crippen MR) is 93.8 cm³/mol. The molecule has 0 radical (unpaired) electrons. The van der Waals surface area contributed by atoms with Gasteiger partial charge in [0.05, 0.1) is 8.95 Å². The van der Waals surface area contributed by atoms with Gasteiger partial charge in [-0.05, 0) is 80.4 Å². The van der Waals surface area contributed by atoms with Crippen LogP contribution in [-0.2, 0) is 6.61 Å². The van der Waals surface area contributed by atoms with E-state index in [1.807, 2.05) is 18.2 Å². The molecule has 1 N–H and O–H groups in total. The zero-order valence-electron chi connectivity index (χ0n) is 11.6. The van der Waals surface area contributed by atoms with Crippen LogP contribution in [0.2, 0.25) is 0 Å². The summed E-state index contributed by atoms with van der Waals surface area (Å²) in [5.74, 6) is 1.72. The number of hydrogen-bond donors (Lipinski definition) is 1. The molecule has 0 bridgehead atoms. The summed E-state index contributed by atoms with van der Waals surface area (Å²) < 4.78 is 7.84. The summed E-state index contributed by atoms with van der Waals surface area (Å²) in [4.78, 5) is 0. The van der Waals surface area contributed by atoms with Gasteiger partial charge in [0, 0.05) is 12.2 Å². The number of ether oxygens (including phenoxy) is 1. The fourth-order valence-corrected chi connectivity index (χ4v) is 3.36. The van der Waals surface area contributed by atoms with Gasteiger partial charge >= 0.3 is 0 Å². The van der Waals surface area contributed by atoms with E-state index >= 15 is 0 Å². The maximum absolute atomic E-state index is 5.93. The molecule has 0 unspecified atom stereocenters. The average Bonchev–Trinajstić information content (AvgIpc) is 3.29. The van der Waals surface area contributed by atoms with E-state index in [2.05, 4.69) is 61.4 Å². The highest BCUT2D eigenvalue weighted by molar-refractivity contribution is 9.11. The Morgan fingerprint density at radius 3 is 2.48 bits per heavy atom. The number of rotatable bonds is 6. The molecule has 0 spiro atoms. The van der Waals surface area contributed by atoms with Gasteiger partial charge in [-0.15, -0.1) is 0 Å². The Kier molecular flexibility index (Phi) is 4.86. The van der Waals surface area contributed by atoms with Crippen molar-refractivity contribution in [2.75, 3.05) is 11.9 Å². The Morgan fingerprint density at radius 2 is 1.76 bits per heavy atom. The van der Waals surface area contributed by atoms with E-state index in [1.165, 1.54) is 24.1 Å². The summed E-state index contributed by atoms with van der Waals surface area (Å²) in [7, 11) is 0. The Labute approximate surface area is 142 Å². The Morgan fingerprint density at radius 1 is 1.05 bits per heavy atom. The number of para-hydroxylation sites is 1. The monoisotopic (exact) mass is 409 g/mol. The van der Waals surface area contributed by atoms with Gasteiger partial charge in [-0.1, -0.05) is 18.2 Å². The molecule has 2 aromatic rings. The number of hydrogen-bond acceptors (Lipinski definition) is 2. The molecule has 0 saturated heterocycles. The quantitative estimate of drug-likeness (QED) is 0.667. The van der Waals surface area contributed by atoms with Crippen molar-refractivity contribution in [1.82, 2.24) is 0 Å². The highest BCUT2D eigenvalue weighted by Gasteiger charge is 2.20. The zero-order valence-corrected chi connectivity index (χ0v) is 14.8. The van der Waals surface area contributed by atoms with Crippen LogP contribution in [0.25, 0.3) is 0 Å². The first-order valence-corrected chi connectivity index (χ1v) is 8.70. The van der Waals surface area contributed by atoms with Crippen LogP contribution >= 0.6 is 31.9 Å². The van der Waals surface area contributed by atoms with Crippen molar-refractivity contribution in [2.45, 2.75) is 19.4 Å². The molecule has 1 aliphatic rings. The van der Waals surface area contributed by atoms with Crippen molar-refractivity contribution in [1.29, 1.82) is 0 Å². The van der Waals surface area contributed by atoms with E-state index in [0.717, 1.165) is 27.2 Å². The summed E-state index contributed by atoms with van der Waals surface area (Å²) in [5, 5.41) is 3.49. The lowest BCUT2D eigenvalue weighted by Crippen LogP contribution is -2.04. The largest absolute Gasteiger partial charge is 0.487 e. The van der Waals surface area contributed by atoms with Gasteiger partial charge in [-0.2, -0.15) is 0 Å². The molecule has 0 aliphatic heterocycles. The minimum Gasteiger partial charge on any atom is -0.487 e. The molecule has 1 fully saturated rings. The Hall–Kier alpha value is -1.00. The molecule has 110 valence electrons. The van der Waals surface area contributed by atoms with Gasteiger partial charge in [0.25, 0.3) is 0 Å². The van der Waals surface area contributed by atoms with Crippen molar-refractivity contribution < 1.29 is 4.74 Å². The molecule has 0 atom stereocenters. The van der Waals surface area contributed by atoms with E-state index in [-0.39, 0.29) is 0 Å². The fourth-order valence-electron chi connectivity index (χ4n) is 2.13. The smallest absolute Gasteiger partial charge is 0.148 e. The molecule has 1 aliphatic carbocycles. The number of anilines is 1. The van der Waals surface area contributed by atoms with Gasteiger partial charge in [-0.25, -0.2) is 0 Å². The van der Waals surface area contributed by atoms with Gasteiger partial charge in [0.2, 0.25) is 0 Å². The molecule has 2 nitrogen and oxygen atoms in total. The van der Waals surface area contributed by atoms with E-state index < -0.39 is 0 Å². The number of nitrogens with one attached hydrogen (secondary N) is 1. The highest BCUT2D eigenvalue weighted by atomic mass is 79.9. The van der Waals surface area contributed by atoms with Crippen molar-refractivity contribution in [3.8, 4) is 5.75 Å². The van der Waals surface area contributed by atoms with Gasteiger partial charge in [0.1, 0.15) is 12.4 Å². The molecule has 21 heavy (non-hydrogen) atoms. The summed E-state index contributed by atoms with van der Waals surface area (Å²) in [6, 6.07) is 14.4. The Bertz CT molecular complexity index is 606. The van der Waals surface area contributed by atoms with Gasteiger partial charge in [-0.3, -0.25) is 0 Å². The second kappa shape index (κ2) is 6.84. The van der Waals surface area contributed by atoms with Crippen molar-refractivity contribution in [3.63, 3.8) is 0 Å². The van der Waals surface area contributed by atoms with Crippen LogP contribution in [-0.4, -0.2) is 6.54 Å². The lowest BCUT2D eigenvalue weighted by Gasteiger charge is -2.11. The molecule has 4 heteroatoms. The van der Waals surface area contributed by atoms with Crippen LogP contribution in [0.3, 0.4) is 0 Å². The molecular formula is C17H17Br2NO. The van der Waals surface area contributed by atoms with Crippen LogP contribution in [0.1, 0.15) is 18.4 Å². The second-order valence-electron chi connectivity index (χ2n) is 5.36. The van der Waals surface area contributed by atoms with Gasteiger partial charge in [0.15, 0.2) is 0 Å². The minimum absolute atomic E-state index is 0.556. The first-order chi connectivity index (χ1) is 10.2. The van der Waals surface area contributed by atoms with Gasteiger partial charge < -0.3 is 10.1 Å².